The molecule has 0 spiro atoms. The fourth-order valence-corrected chi connectivity index (χ4v) is 2.73. The molecule has 2 aromatic rings. The van der Waals surface area contributed by atoms with Crippen LogP contribution in [0.5, 0.6) is 0 Å². The van der Waals surface area contributed by atoms with Gasteiger partial charge in [-0.1, -0.05) is 12.1 Å². The largest absolute Gasteiger partial charge is 0.257 e. The minimum absolute atomic E-state index is 0.0733. The van der Waals surface area contributed by atoms with Gasteiger partial charge in [-0.3, -0.25) is 4.98 Å². The third kappa shape index (κ3) is 3.41. The lowest BCUT2D eigenvalue weighted by molar-refractivity contribution is 0.580. The van der Waals surface area contributed by atoms with Crippen molar-refractivity contribution in [2.45, 2.75) is 18.4 Å². The third-order valence-corrected chi connectivity index (χ3v) is 4.06. The maximum absolute atomic E-state index is 12.1. The van der Waals surface area contributed by atoms with Crippen LogP contribution in [0, 0.1) is 18.3 Å². The summed E-state index contributed by atoms with van der Waals surface area (Å²) in [7, 11) is -3.65. The number of aryl methyl sites for hydroxylation is 1. The van der Waals surface area contributed by atoms with Crippen molar-refractivity contribution in [3.63, 3.8) is 0 Å². The van der Waals surface area contributed by atoms with Gasteiger partial charge in [0.1, 0.15) is 0 Å². The van der Waals surface area contributed by atoms with Crippen LogP contribution in [0.1, 0.15) is 17.0 Å². The average molecular weight is 287 g/mol. The molecule has 0 bridgehead atoms. The minimum Gasteiger partial charge on any atom is -0.257 e. The van der Waals surface area contributed by atoms with Gasteiger partial charge in [0.05, 0.1) is 28.8 Å². The van der Waals surface area contributed by atoms with Crippen LogP contribution >= 0.6 is 0 Å². The second kappa shape index (κ2) is 5.82. The van der Waals surface area contributed by atoms with Crippen LogP contribution in [-0.4, -0.2) is 13.4 Å². The first kappa shape index (κ1) is 14.2. The van der Waals surface area contributed by atoms with E-state index >= 15 is 0 Å². The number of benzene rings is 1. The first-order chi connectivity index (χ1) is 9.51. The van der Waals surface area contributed by atoms with E-state index in [4.69, 9.17) is 5.26 Å². The number of rotatable bonds is 4. The summed E-state index contributed by atoms with van der Waals surface area (Å²) in [6.45, 7) is 1.95. The first-order valence-corrected chi connectivity index (χ1v) is 7.42. The zero-order valence-electron chi connectivity index (χ0n) is 10.9. The molecule has 0 unspecified atom stereocenters. The summed E-state index contributed by atoms with van der Waals surface area (Å²) < 4.78 is 26.7. The Morgan fingerprint density at radius 1 is 1.25 bits per heavy atom. The Balaban J connectivity index is 2.17. The maximum Gasteiger partial charge on any atom is 0.240 e. The molecule has 0 radical (unpaired) electrons. The summed E-state index contributed by atoms with van der Waals surface area (Å²) in [4.78, 5) is 4.30. The summed E-state index contributed by atoms with van der Waals surface area (Å²) in [5, 5.41) is 8.79. The van der Waals surface area contributed by atoms with E-state index in [2.05, 4.69) is 9.71 Å². The molecule has 0 atom stereocenters. The monoisotopic (exact) mass is 287 g/mol. The molecule has 1 aromatic heterocycles. The molecule has 20 heavy (non-hydrogen) atoms. The topological polar surface area (TPSA) is 82.9 Å². The third-order valence-electron chi connectivity index (χ3n) is 2.66. The molecule has 0 saturated carbocycles. The molecule has 5 nitrogen and oxygen atoms in total. The number of sulfonamides is 1. The van der Waals surface area contributed by atoms with Crippen molar-refractivity contribution in [1.82, 2.24) is 9.71 Å². The molecular formula is C14H13N3O2S. The fourth-order valence-electron chi connectivity index (χ4n) is 1.68. The number of nitriles is 1. The molecule has 102 valence electrons. The van der Waals surface area contributed by atoms with Crippen molar-refractivity contribution < 1.29 is 8.42 Å². The Hall–Kier alpha value is -2.23. The zero-order valence-corrected chi connectivity index (χ0v) is 11.7. The highest BCUT2D eigenvalue weighted by Gasteiger charge is 2.14. The van der Waals surface area contributed by atoms with Gasteiger partial charge in [-0.25, -0.2) is 13.1 Å². The van der Waals surface area contributed by atoms with E-state index in [0.717, 1.165) is 5.69 Å². The second-order valence-corrected chi connectivity index (χ2v) is 6.00. The van der Waals surface area contributed by atoms with E-state index in [1.54, 1.807) is 12.1 Å². The van der Waals surface area contributed by atoms with Crippen LogP contribution < -0.4 is 4.72 Å². The second-order valence-electron chi connectivity index (χ2n) is 4.23. The van der Waals surface area contributed by atoms with Gasteiger partial charge in [0.2, 0.25) is 10.0 Å². The van der Waals surface area contributed by atoms with Crippen LogP contribution in [0.25, 0.3) is 0 Å². The van der Waals surface area contributed by atoms with Crippen LogP contribution in [0.15, 0.2) is 47.4 Å². The van der Waals surface area contributed by atoms with E-state index in [1.165, 1.54) is 18.2 Å². The molecule has 0 aliphatic carbocycles. The number of hydrogen-bond acceptors (Lipinski definition) is 4. The highest BCUT2D eigenvalue weighted by atomic mass is 32.2. The molecule has 0 amide bonds. The van der Waals surface area contributed by atoms with Crippen LogP contribution in [0.2, 0.25) is 0 Å². The summed E-state index contributed by atoms with van der Waals surface area (Å²) >= 11 is 0. The van der Waals surface area contributed by atoms with Gasteiger partial charge < -0.3 is 0 Å². The molecule has 0 aliphatic heterocycles. The zero-order chi connectivity index (χ0) is 14.6. The molecule has 0 fully saturated rings. The molecule has 6 heteroatoms. The SMILES string of the molecule is Cc1cccc(CNS(=O)(=O)c2cccc(C#N)c2)n1. The van der Waals surface area contributed by atoms with E-state index < -0.39 is 10.0 Å². The number of nitrogens with zero attached hydrogens (tertiary/aromatic N) is 2. The normalized spacial score (nSPS) is 11.0. The number of pyridine rings is 1. The summed E-state index contributed by atoms with van der Waals surface area (Å²) in [5.41, 5.74) is 1.78. The highest BCUT2D eigenvalue weighted by Crippen LogP contribution is 2.11. The van der Waals surface area contributed by atoms with Gasteiger partial charge >= 0.3 is 0 Å². The van der Waals surface area contributed by atoms with Crippen molar-refractivity contribution in [2.75, 3.05) is 0 Å². The van der Waals surface area contributed by atoms with Crippen molar-refractivity contribution >= 4 is 10.0 Å². The number of nitrogens with one attached hydrogen (secondary N) is 1. The predicted octanol–water partition coefficient (Wildman–Crippen LogP) is 1.74. The van der Waals surface area contributed by atoms with Crippen LogP contribution in [-0.2, 0) is 16.6 Å². The molecule has 0 aliphatic rings. The number of aromatic nitrogens is 1. The molecule has 0 saturated heterocycles. The van der Waals surface area contributed by atoms with E-state index in [0.29, 0.717) is 11.3 Å². The molecule has 1 N–H and O–H groups in total. The molecule has 2 rings (SSSR count). The molecule has 1 heterocycles. The van der Waals surface area contributed by atoms with Crippen LogP contribution in [0.4, 0.5) is 0 Å². The maximum atomic E-state index is 12.1. The highest BCUT2D eigenvalue weighted by molar-refractivity contribution is 7.89. The number of hydrogen-bond donors (Lipinski definition) is 1. The minimum atomic E-state index is -3.65. The Bertz CT molecular complexity index is 764. The summed E-state index contributed by atoms with van der Waals surface area (Å²) in [6.07, 6.45) is 0. The average Bonchev–Trinajstić information content (AvgIpc) is 2.45. The lowest BCUT2D eigenvalue weighted by Gasteiger charge is -2.07. The Labute approximate surface area is 118 Å². The molecule has 1 aromatic carbocycles. The Morgan fingerprint density at radius 2 is 2.00 bits per heavy atom. The summed E-state index contributed by atoms with van der Waals surface area (Å²) in [5.74, 6) is 0. The smallest absolute Gasteiger partial charge is 0.240 e. The predicted molar refractivity (Wildman–Crippen MR) is 74.2 cm³/mol. The fraction of sp³-hybridized carbons (Fsp3) is 0.143. The quantitative estimate of drug-likeness (QED) is 0.928. The van der Waals surface area contributed by atoms with Gasteiger partial charge in [0.15, 0.2) is 0 Å². The van der Waals surface area contributed by atoms with E-state index in [1.807, 2.05) is 25.1 Å². The van der Waals surface area contributed by atoms with Gasteiger partial charge in [0, 0.05) is 5.69 Å². The van der Waals surface area contributed by atoms with Crippen LogP contribution in [0.3, 0.4) is 0 Å². The van der Waals surface area contributed by atoms with Gasteiger partial charge in [-0.15, -0.1) is 0 Å². The standard InChI is InChI=1S/C14H13N3O2S/c1-11-4-2-6-13(17-11)10-16-20(18,19)14-7-3-5-12(8-14)9-15/h2-8,16H,10H2,1H3. The van der Waals surface area contributed by atoms with Gasteiger partial charge in [0.25, 0.3) is 0 Å². The summed E-state index contributed by atoms with van der Waals surface area (Å²) in [6, 6.07) is 13.2. The lowest BCUT2D eigenvalue weighted by atomic mass is 10.2. The lowest BCUT2D eigenvalue weighted by Crippen LogP contribution is -2.23. The van der Waals surface area contributed by atoms with E-state index in [-0.39, 0.29) is 11.4 Å². The van der Waals surface area contributed by atoms with Gasteiger partial charge in [-0.2, -0.15) is 5.26 Å². The molecular weight excluding hydrogens is 274 g/mol. The van der Waals surface area contributed by atoms with Crippen molar-refractivity contribution in [2.24, 2.45) is 0 Å². The van der Waals surface area contributed by atoms with Crippen molar-refractivity contribution in [3.05, 3.63) is 59.4 Å². The Morgan fingerprint density at radius 3 is 2.70 bits per heavy atom. The van der Waals surface area contributed by atoms with E-state index in [9.17, 15) is 8.42 Å². The van der Waals surface area contributed by atoms with Gasteiger partial charge in [-0.05, 0) is 37.3 Å². The Kier molecular flexibility index (Phi) is 4.13. The van der Waals surface area contributed by atoms with Crippen molar-refractivity contribution in [3.8, 4) is 6.07 Å². The van der Waals surface area contributed by atoms with Crippen molar-refractivity contribution in [1.29, 1.82) is 5.26 Å². The first-order valence-electron chi connectivity index (χ1n) is 5.93.